The van der Waals surface area contributed by atoms with E-state index in [-0.39, 0.29) is 23.3 Å². The van der Waals surface area contributed by atoms with E-state index in [1.54, 1.807) is 18.3 Å². The molecule has 6 nitrogen and oxygen atoms in total. The number of ether oxygens (including phenoxy) is 1. The molecule has 0 bridgehead atoms. The summed E-state index contributed by atoms with van der Waals surface area (Å²) >= 11 is 0. The van der Waals surface area contributed by atoms with Crippen LogP contribution in [0.15, 0.2) is 72.4 Å². The van der Waals surface area contributed by atoms with Gasteiger partial charge in [0.1, 0.15) is 11.5 Å². The van der Waals surface area contributed by atoms with E-state index in [1.807, 2.05) is 55.5 Å². The Bertz CT molecular complexity index is 1310. The van der Waals surface area contributed by atoms with Crippen molar-refractivity contribution >= 4 is 17.4 Å². The summed E-state index contributed by atoms with van der Waals surface area (Å²) in [6, 6.07) is 17.8. The smallest absolute Gasteiger partial charge is 0.296 e. The van der Waals surface area contributed by atoms with E-state index in [1.165, 1.54) is 12.0 Å². The molecule has 4 rings (SSSR count). The number of rotatable bonds is 5. The minimum Gasteiger partial charge on any atom is -0.507 e. The molecule has 1 aliphatic rings. The van der Waals surface area contributed by atoms with E-state index in [0.29, 0.717) is 17.0 Å². The molecule has 0 saturated carbocycles. The summed E-state index contributed by atoms with van der Waals surface area (Å²) in [5, 5.41) is 11.6. The molecule has 1 unspecified atom stereocenters. The summed E-state index contributed by atoms with van der Waals surface area (Å²) in [7, 11) is 1.51. The van der Waals surface area contributed by atoms with Crippen LogP contribution in [0, 0.1) is 6.92 Å². The van der Waals surface area contributed by atoms with E-state index in [4.69, 9.17) is 4.74 Å². The lowest BCUT2D eigenvalue weighted by molar-refractivity contribution is -0.140. The summed E-state index contributed by atoms with van der Waals surface area (Å²) < 4.78 is 5.52. The third kappa shape index (κ3) is 4.69. The molecule has 0 aliphatic carbocycles. The van der Waals surface area contributed by atoms with Gasteiger partial charge in [-0.25, -0.2) is 0 Å². The van der Waals surface area contributed by atoms with Gasteiger partial charge in [-0.15, -0.1) is 0 Å². The topological polar surface area (TPSA) is 79.7 Å². The molecule has 1 aromatic heterocycles. The van der Waals surface area contributed by atoms with Crippen molar-refractivity contribution in [3.63, 3.8) is 0 Å². The van der Waals surface area contributed by atoms with Gasteiger partial charge in [0.2, 0.25) is 0 Å². The van der Waals surface area contributed by atoms with Crippen molar-refractivity contribution in [2.45, 2.75) is 45.7 Å². The first kappa shape index (κ1) is 24.2. The minimum absolute atomic E-state index is 0.0425. The standard InChI is InChI=1S/C29H30N2O4/c1-18-9-8-10-19(15-18)25-24(27(33)28(34)31(25)17-21-11-6-7-14-30-21)26(32)22-16-20(29(2,3)4)12-13-23(22)35-5/h6-16,25,32H,17H2,1-5H3/b26-24+. The fraction of sp³-hybridized carbons (Fsp3) is 0.276. The zero-order valence-electron chi connectivity index (χ0n) is 20.7. The predicted octanol–water partition coefficient (Wildman–Crippen LogP) is 5.32. The number of carbonyl (C=O) groups excluding carboxylic acids is 2. The SMILES string of the molecule is COc1ccc(C(C)(C)C)cc1/C(O)=C1\C(=O)C(=O)N(Cc2ccccn2)C1c1cccc(C)c1. The van der Waals surface area contributed by atoms with Crippen LogP contribution >= 0.6 is 0 Å². The van der Waals surface area contributed by atoms with Crippen LogP contribution in [0.2, 0.25) is 0 Å². The van der Waals surface area contributed by atoms with Crippen molar-refractivity contribution in [2.75, 3.05) is 7.11 Å². The van der Waals surface area contributed by atoms with Crippen LogP contribution in [-0.4, -0.2) is 33.8 Å². The quantitative estimate of drug-likeness (QED) is 0.310. The number of Topliss-reactive ketones (excluding diaryl/α,β-unsaturated/α-hetero) is 1. The van der Waals surface area contributed by atoms with Crippen LogP contribution in [0.25, 0.3) is 5.76 Å². The zero-order chi connectivity index (χ0) is 25.3. The van der Waals surface area contributed by atoms with E-state index >= 15 is 0 Å². The normalized spacial score (nSPS) is 17.6. The molecule has 1 fully saturated rings. The number of ketones is 1. The molecular formula is C29H30N2O4. The van der Waals surface area contributed by atoms with Gasteiger partial charge in [-0.2, -0.15) is 0 Å². The first-order valence-corrected chi connectivity index (χ1v) is 11.6. The van der Waals surface area contributed by atoms with E-state index in [0.717, 1.165) is 16.7 Å². The lowest BCUT2D eigenvalue weighted by Gasteiger charge is -2.26. The fourth-order valence-corrected chi connectivity index (χ4v) is 4.40. The Kier molecular flexibility index (Phi) is 6.48. The number of aliphatic hydroxyl groups is 1. The second-order valence-electron chi connectivity index (χ2n) is 9.83. The van der Waals surface area contributed by atoms with Gasteiger partial charge in [-0.3, -0.25) is 14.6 Å². The van der Waals surface area contributed by atoms with Gasteiger partial charge >= 0.3 is 0 Å². The maximum atomic E-state index is 13.4. The molecule has 1 saturated heterocycles. The molecule has 2 heterocycles. The number of methoxy groups -OCH3 is 1. The van der Waals surface area contributed by atoms with Crippen molar-refractivity contribution in [1.29, 1.82) is 0 Å². The van der Waals surface area contributed by atoms with Crippen LogP contribution in [0.5, 0.6) is 5.75 Å². The Morgan fingerprint density at radius 3 is 2.46 bits per heavy atom. The Morgan fingerprint density at radius 2 is 1.83 bits per heavy atom. The second-order valence-corrected chi connectivity index (χ2v) is 9.83. The van der Waals surface area contributed by atoms with Gasteiger partial charge in [0.25, 0.3) is 11.7 Å². The molecule has 0 spiro atoms. The monoisotopic (exact) mass is 470 g/mol. The van der Waals surface area contributed by atoms with Crippen LogP contribution in [0.1, 0.15) is 54.8 Å². The highest BCUT2D eigenvalue weighted by Gasteiger charge is 2.46. The fourth-order valence-electron chi connectivity index (χ4n) is 4.40. The van der Waals surface area contributed by atoms with Crippen LogP contribution in [0.3, 0.4) is 0 Å². The highest BCUT2D eigenvalue weighted by atomic mass is 16.5. The Morgan fingerprint density at radius 1 is 1.06 bits per heavy atom. The number of likely N-dealkylation sites (tertiary alicyclic amines) is 1. The van der Waals surface area contributed by atoms with Gasteiger partial charge in [-0.05, 0) is 47.7 Å². The van der Waals surface area contributed by atoms with Crippen molar-refractivity contribution < 1.29 is 19.4 Å². The molecule has 3 aromatic rings. The summed E-state index contributed by atoms with van der Waals surface area (Å²) in [6.45, 7) is 8.29. The molecule has 1 aliphatic heterocycles. The van der Waals surface area contributed by atoms with Crippen molar-refractivity contribution in [3.8, 4) is 5.75 Å². The maximum absolute atomic E-state index is 13.4. The minimum atomic E-state index is -0.764. The van der Waals surface area contributed by atoms with Gasteiger partial charge in [0, 0.05) is 6.20 Å². The average Bonchev–Trinajstić information content (AvgIpc) is 3.08. The average molecular weight is 471 g/mol. The van der Waals surface area contributed by atoms with Gasteiger partial charge < -0.3 is 14.7 Å². The molecule has 1 N–H and O–H groups in total. The number of carbonyl (C=O) groups is 2. The largest absolute Gasteiger partial charge is 0.507 e. The Hall–Kier alpha value is -3.93. The summed E-state index contributed by atoms with van der Waals surface area (Å²) in [6.07, 6.45) is 1.65. The number of amides is 1. The number of nitrogens with zero attached hydrogens (tertiary/aromatic N) is 2. The third-order valence-corrected chi connectivity index (χ3v) is 6.28. The van der Waals surface area contributed by atoms with Gasteiger partial charge in [0.05, 0.1) is 36.5 Å². The molecule has 6 heteroatoms. The summed E-state index contributed by atoms with van der Waals surface area (Å²) in [5.41, 5.74) is 3.58. The highest BCUT2D eigenvalue weighted by molar-refractivity contribution is 6.46. The van der Waals surface area contributed by atoms with Crippen LogP contribution in [0.4, 0.5) is 0 Å². The molecule has 35 heavy (non-hydrogen) atoms. The lowest BCUT2D eigenvalue weighted by Crippen LogP contribution is -2.29. The number of aromatic nitrogens is 1. The molecule has 1 atom stereocenters. The highest BCUT2D eigenvalue weighted by Crippen LogP contribution is 2.42. The van der Waals surface area contributed by atoms with Crippen molar-refractivity contribution in [1.82, 2.24) is 9.88 Å². The number of pyridine rings is 1. The first-order chi connectivity index (χ1) is 16.6. The molecular weight excluding hydrogens is 440 g/mol. The molecule has 1 amide bonds. The van der Waals surface area contributed by atoms with Crippen molar-refractivity contribution in [2.24, 2.45) is 0 Å². The third-order valence-electron chi connectivity index (χ3n) is 6.28. The lowest BCUT2D eigenvalue weighted by atomic mass is 9.85. The van der Waals surface area contributed by atoms with Gasteiger partial charge in [-0.1, -0.05) is 62.7 Å². The van der Waals surface area contributed by atoms with E-state index in [2.05, 4.69) is 25.8 Å². The second kappa shape index (κ2) is 9.37. The van der Waals surface area contributed by atoms with Crippen LogP contribution in [-0.2, 0) is 21.5 Å². The number of hydrogen-bond acceptors (Lipinski definition) is 5. The summed E-state index contributed by atoms with van der Waals surface area (Å²) in [5.74, 6) is -1.22. The first-order valence-electron chi connectivity index (χ1n) is 11.6. The maximum Gasteiger partial charge on any atom is 0.296 e. The Balaban J connectivity index is 1.94. The molecule has 2 aromatic carbocycles. The van der Waals surface area contributed by atoms with E-state index < -0.39 is 17.7 Å². The van der Waals surface area contributed by atoms with Gasteiger partial charge in [0.15, 0.2) is 0 Å². The number of aliphatic hydroxyl groups excluding tert-OH is 1. The number of benzene rings is 2. The van der Waals surface area contributed by atoms with Crippen molar-refractivity contribution in [3.05, 3.63) is 100 Å². The van der Waals surface area contributed by atoms with Crippen LogP contribution < -0.4 is 4.74 Å². The number of aryl methyl sites for hydroxylation is 1. The summed E-state index contributed by atoms with van der Waals surface area (Å²) in [4.78, 5) is 32.5. The predicted molar refractivity (Wildman–Crippen MR) is 135 cm³/mol. The zero-order valence-corrected chi connectivity index (χ0v) is 20.7. The Labute approximate surface area is 205 Å². The van der Waals surface area contributed by atoms with E-state index in [9.17, 15) is 14.7 Å². The molecule has 180 valence electrons. The molecule has 0 radical (unpaired) electrons. The number of hydrogen-bond donors (Lipinski definition) is 1.